The van der Waals surface area contributed by atoms with Crippen molar-refractivity contribution in [2.75, 3.05) is 13.6 Å². The van der Waals surface area contributed by atoms with E-state index < -0.39 is 11.9 Å². The summed E-state index contributed by atoms with van der Waals surface area (Å²) in [5, 5.41) is 9.37. The van der Waals surface area contributed by atoms with Gasteiger partial charge in [0, 0.05) is 23.7 Å². The van der Waals surface area contributed by atoms with Crippen LogP contribution in [0.2, 0.25) is 0 Å². The van der Waals surface area contributed by atoms with E-state index in [0.717, 1.165) is 4.70 Å². The van der Waals surface area contributed by atoms with Gasteiger partial charge in [0.05, 0.1) is 10.8 Å². The predicted octanol–water partition coefficient (Wildman–Crippen LogP) is 3.14. The van der Waals surface area contributed by atoms with Crippen molar-refractivity contribution in [3.05, 3.63) is 34.5 Å². The average molecular weight is 309 g/mol. The Labute approximate surface area is 125 Å². The van der Waals surface area contributed by atoms with Gasteiger partial charge in [-0.2, -0.15) is 0 Å². The van der Waals surface area contributed by atoms with Crippen molar-refractivity contribution in [2.45, 2.75) is 13.8 Å². The van der Waals surface area contributed by atoms with Gasteiger partial charge in [-0.05, 0) is 24.6 Å². The Kier molecular flexibility index (Phi) is 4.27. The Morgan fingerprint density at radius 2 is 2.10 bits per heavy atom. The summed E-state index contributed by atoms with van der Waals surface area (Å²) in [6.07, 6.45) is 0. The summed E-state index contributed by atoms with van der Waals surface area (Å²) in [5.74, 6) is -2.22. The number of thiophene rings is 1. The normalized spacial score (nSPS) is 12.4. The SMILES string of the molecule is Cc1c(C(=O)N(C)CC(C)C(=O)O)sc2cccc(F)c12. The fourth-order valence-corrected chi connectivity index (χ4v) is 3.42. The molecular weight excluding hydrogens is 293 g/mol. The van der Waals surface area contributed by atoms with Crippen LogP contribution < -0.4 is 0 Å². The summed E-state index contributed by atoms with van der Waals surface area (Å²) in [5.41, 5.74) is 0.605. The van der Waals surface area contributed by atoms with Crippen molar-refractivity contribution in [3.63, 3.8) is 0 Å². The second-order valence-corrected chi connectivity index (χ2v) is 6.15. The lowest BCUT2D eigenvalue weighted by atomic mass is 10.1. The maximum absolute atomic E-state index is 13.8. The van der Waals surface area contributed by atoms with E-state index >= 15 is 0 Å². The molecule has 0 aliphatic rings. The molecule has 1 unspecified atom stereocenters. The molecule has 1 amide bonds. The lowest BCUT2D eigenvalue weighted by Crippen LogP contribution is -2.33. The molecule has 112 valence electrons. The van der Waals surface area contributed by atoms with Gasteiger partial charge < -0.3 is 10.0 Å². The first-order chi connectivity index (χ1) is 9.82. The van der Waals surface area contributed by atoms with Gasteiger partial charge >= 0.3 is 5.97 Å². The molecule has 2 rings (SSSR count). The number of carboxylic acid groups (broad SMARTS) is 1. The minimum Gasteiger partial charge on any atom is -0.481 e. The summed E-state index contributed by atoms with van der Waals surface area (Å²) in [6, 6.07) is 4.75. The molecule has 0 aliphatic carbocycles. The molecule has 1 aromatic heterocycles. The van der Waals surface area contributed by atoms with Gasteiger partial charge in [0.2, 0.25) is 0 Å². The molecule has 1 atom stereocenters. The maximum atomic E-state index is 13.8. The fraction of sp³-hybridized carbons (Fsp3) is 0.333. The van der Waals surface area contributed by atoms with Crippen molar-refractivity contribution >= 4 is 33.3 Å². The van der Waals surface area contributed by atoms with Crippen LogP contribution in [0.3, 0.4) is 0 Å². The summed E-state index contributed by atoms with van der Waals surface area (Å²) in [4.78, 5) is 25.1. The van der Waals surface area contributed by atoms with Crippen molar-refractivity contribution in [3.8, 4) is 0 Å². The Morgan fingerprint density at radius 3 is 2.67 bits per heavy atom. The maximum Gasteiger partial charge on any atom is 0.308 e. The fourth-order valence-electron chi connectivity index (χ4n) is 2.20. The number of nitrogens with zero attached hydrogens (tertiary/aromatic N) is 1. The minimum absolute atomic E-state index is 0.115. The molecule has 0 saturated heterocycles. The Hall–Kier alpha value is -1.95. The van der Waals surface area contributed by atoms with Crippen LogP contribution >= 0.6 is 11.3 Å². The van der Waals surface area contributed by atoms with E-state index in [0.29, 0.717) is 15.8 Å². The van der Waals surface area contributed by atoms with Crippen molar-refractivity contribution in [1.82, 2.24) is 4.90 Å². The van der Waals surface area contributed by atoms with Gasteiger partial charge in [0.1, 0.15) is 5.82 Å². The third-order valence-electron chi connectivity index (χ3n) is 3.41. The summed E-state index contributed by atoms with van der Waals surface area (Å²) >= 11 is 1.23. The molecule has 1 aromatic carbocycles. The summed E-state index contributed by atoms with van der Waals surface area (Å²) in [6.45, 7) is 3.37. The van der Waals surface area contributed by atoms with Crippen molar-refractivity contribution in [1.29, 1.82) is 0 Å². The van der Waals surface area contributed by atoms with Crippen LogP contribution in [0.15, 0.2) is 18.2 Å². The molecule has 0 spiro atoms. The van der Waals surface area contributed by atoms with E-state index in [-0.39, 0.29) is 18.3 Å². The topological polar surface area (TPSA) is 57.6 Å². The van der Waals surface area contributed by atoms with E-state index in [1.165, 1.54) is 22.3 Å². The highest BCUT2D eigenvalue weighted by molar-refractivity contribution is 7.21. The summed E-state index contributed by atoms with van der Waals surface area (Å²) in [7, 11) is 1.56. The zero-order valence-corrected chi connectivity index (χ0v) is 12.8. The number of benzene rings is 1. The largest absolute Gasteiger partial charge is 0.481 e. The Morgan fingerprint density at radius 1 is 1.43 bits per heavy atom. The zero-order valence-electron chi connectivity index (χ0n) is 12.0. The molecule has 2 aromatic rings. The number of halogens is 1. The molecule has 0 radical (unpaired) electrons. The number of fused-ring (bicyclic) bond motifs is 1. The molecular formula is C15H16FNO3S. The first-order valence-electron chi connectivity index (χ1n) is 6.48. The second kappa shape index (κ2) is 5.81. The van der Waals surface area contributed by atoms with E-state index in [4.69, 9.17) is 5.11 Å². The number of carbonyl (C=O) groups is 2. The highest BCUT2D eigenvalue weighted by Crippen LogP contribution is 2.33. The smallest absolute Gasteiger partial charge is 0.308 e. The third kappa shape index (κ3) is 2.90. The zero-order chi connectivity index (χ0) is 15.7. The lowest BCUT2D eigenvalue weighted by Gasteiger charge is -2.19. The molecule has 0 saturated carbocycles. The van der Waals surface area contributed by atoms with Crippen LogP contribution in [-0.4, -0.2) is 35.5 Å². The molecule has 0 fully saturated rings. The van der Waals surface area contributed by atoms with Crippen LogP contribution in [0.4, 0.5) is 4.39 Å². The molecule has 21 heavy (non-hydrogen) atoms. The van der Waals surface area contributed by atoms with Crippen molar-refractivity contribution < 1.29 is 19.1 Å². The van der Waals surface area contributed by atoms with E-state index in [1.807, 2.05) is 0 Å². The standard InChI is InChI=1S/C15H16FNO3S/c1-8(15(19)20)7-17(3)14(18)13-9(2)12-10(16)5-4-6-11(12)21-13/h4-6,8H,7H2,1-3H3,(H,19,20). The molecule has 0 bridgehead atoms. The van der Waals surface area contributed by atoms with Crippen LogP contribution in [0.1, 0.15) is 22.2 Å². The molecule has 6 heteroatoms. The van der Waals surface area contributed by atoms with Gasteiger partial charge in [-0.1, -0.05) is 13.0 Å². The Bertz CT molecular complexity index is 710. The van der Waals surface area contributed by atoms with Gasteiger partial charge in [0.15, 0.2) is 0 Å². The average Bonchev–Trinajstić information content (AvgIpc) is 2.76. The first kappa shape index (κ1) is 15.4. The van der Waals surface area contributed by atoms with E-state index in [1.54, 1.807) is 33.0 Å². The minimum atomic E-state index is -0.950. The monoisotopic (exact) mass is 309 g/mol. The number of aliphatic carboxylic acids is 1. The Balaban J connectivity index is 2.34. The quantitative estimate of drug-likeness (QED) is 0.944. The number of hydrogen-bond acceptors (Lipinski definition) is 3. The first-order valence-corrected chi connectivity index (χ1v) is 7.30. The van der Waals surface area contributed by atoms with Crippen LogP contribution in [-0.2, 0) is 4.79 Å². The highest BCUT2D eigenvalue weighted by atomic mass is 32.1. The molecule has 4 nitrogen and oxygen atoms in total. The number of rotatable bonds is 4. The van der Waals surface area contributed by atoms with Crippen LogP contribution in [0, 0.1) is 18.7 Å². The lowest BCUT2D eigenvalue weighted by molar-refractivity contribution is -0.141. The van der Waals surface area contributed by atoms with Crippen molar-refractivity contribution in [2.24, 2.45) is 5.92 Å². The van der Waals surface area contributed by atoms with Crippen LogP contribution in [0.25, 0.3) is 10.1 Å². The molecule has 1 N–H and O–H groups in total. The highest BCUT2D eigenvalue weighted by Gasteiger charge is 2.23. The van der Waals surface area contributed by atoms with E-state index in [9.17, 15) is 14.0 Å². The van der Waals surface area contributed by atoms with Crippen LogP contribution in [0.5, 0.6) is 0 Å². The number of hydrogen-bond donors (Lipinski definition) is 1. The van der Waals surface area contributed by atoms with Gasteiger partial charge in [-0.25, -0.2) is 4.39 Å². The molecule has 0 aliphatic heterocycles. The summed E-state index contributed by atoms with van der Waals surface area (Å²) < 4.78 is 14.6. The number of aryl methyl sites for hydroxylation is 1. The number of carbonyl (C=O) groups excluding carboxylic acids is 1. The van der Waals surface area contributed by atoms with Gasteiger partial charge in [0.25, 0.3) is 5.91 Å². The third-order valence-corrected chi connectivity index (χ3v) is 4.66. The van der Waals surface area contributed by atoms with Gasteiger partial charge in [-0.3, -0.25) is 9.59 Å². The number of carboxylic acids is 1. The number of amides is 1. The van der Waals surface area contributed by atoms with Gasteiger partial charge in [-0.15, -0.1) is 11.3 Å². The predicted molar refractivity (Wildman–Crippen MR) is 80.3 cm³/mol. The second-order valence-electron chi connectivity index (χ2n) is 5.09. The molecule has 1 heterocycles. The van der Waals surface area contributed by atoms with E-state index in [2.05, 4.69) is 0 Å².